The molecule has 4 heteroatoms. The standard InChI is InChI=1S/C14H17NO3/c1-2-6-12(16)14(18)9-10-15(13(14)17)11-7-4-3-5-8-11/h2-8,13,17-18H,9-10H2,1H3/b6-2+/t13-,14?/m0/s1. The molecule has 0 saturated carbocycles. The van der Waals surface area contributed by atoms with Crippen molar-refractivity contribution < 1.29 is 15.0 Å². The van der Waals surface area contributed by atoms with E-state index in [9.17, 15) is 15.0 Å². The van der Waals surface area contributed by atoms with Gasteiger partial charge >= 0.3 is 0 Å². The van der Waals surface area contributed by atoms with Crippen molar-refractivity contribution in [1.82, 2.24) is 0 Å². The van der Waals surface area contributed by atoms with E-state index in [1.165, 1.54) is 6.08 Å². The minimum atomic E-state index is -1.71. The molecule has 0 radical (unpaired) electrons. The number of hydrogen-bond donors (Lipinski definition) is 2. The predicted octanol–water partition coefficient (Wildman–Crippen LogP) is 1.09. The third-order valence-corrected chi connectivity index (χ3v) is 3.29. The van der Waals surface area contributed by atoms with Crippen LogP contribution in [0.2, 0.25) is 0 Å². The highest BCUT2D eigenvalue weighted by Gasteiger charge is 2.49. The Morgan fingerprint density at radius 3 is 2.72 bits per heavy atom. The fourth-order valence-electron chi connectivity index (χ4n) is 2.24. The number of nitrogens with zero attached hydrogens (tertiary/aromatic N) is 1. The number of carbonyl (C=O) groups is 1. The van der Waals surface area contributed by atoms with Gasteiger partial charge in [-0.05, 0) is 25.1 Å². The van der Waals surface area contributed by atoms with Gasteiger partial charge in [0.1, 0.15) is 0 Å². The summed E-state index contributed by atoms with van der Waals surface area (Å²) in [6.07, 6.45) is 1.89. The van der Waals surface area contributed by atoms with Crippen LogP contribution < -0.4 is 4.90 Å². The summed E-state index contributed by atoms with van der Waals surface area (Å²) in [7, 11) is 0. The maximum absolute atomic E-state index is 11.8. The Balaban J connectivity index is 2.24. The minimum absolute atomic E-state index is 0.228. The zero-order valence-electron chi connectivity index (χ0n) is 10.3. The van der Waals surface area contributed by atoms with Gasteiger partial charge < -0.3 is 15.1 Å². The zero-order chi connectivity index (χ0) is 13.2. The molecule has 1 aromatic rings. The first-order chi connectivity index (χ1) is 8.59. The van der Waals surface area contributed by atoms with E-state index in [4.69, 9.17) is 0 Å². The molecule has 1 unspecified atom stereocenters. The van der Waals surface area contributed by atoms with Crippen LogP contribution in [0.5, 0.6) is 0 Å². The van der Waals surface area contributed by atoms with E-state index >= 15 is 0 Å². The molecule has 1 saturated heterocycles. The highest BCUT2D eigenvalue weighted by Crippen LogP contribution is 2.32. The van der Waals surface area contributed by atoms with Crippen molar-refractivity contribution in [2.45, 2.75) is 25.2 Å². The largest absolute Gasteiger partial charge is 0.377 e. The summed E-state index contributed by atoms with van der Waals surface area (Å²) in [6, 6.07) is 9.27. The van der Waals surface area contributed by atoms with Crippen molar-refractivity contribution in [3.8, 4) is 0 Å². The number of benzene rings is 1. The Labute approximate surface area is 106 Å². The highest BCUT2D eigenvalue weighted by atomic mass is 16.4. The van der Waals surface area contributed by atoms with Gasteiger partial charge in [0.25, 0.3) is 0 Å². The number of carbonyl (C=O) groups excluding carboxylic acids is 1. The summed E-state index contributed by atoms with van der Waals surface area (Å²) < 4.78 is 0. The van der Waals surface area contributed by atoms with Crippen LogP contribution in [0.3, 0.4) is 0 Å². The third kappa shape index (κ3) is 2.05. The van der Waals surface area contributed by atoms with E-state index in [1.54, 1.807) is 17.9 Å². The van der Waals surface area contributed by atoms with Crippen molar-refractivity contribution >= 4 is 11.5 Å². The number of aliphatic hydroxyl groups is 2. The van der Waals surface area contributed by atoms with Gasteiger partial charge in [0.15, 0.2) is 17.6 Å². The Morgan fingerprint density at radius 2 is 2.11 bits per heavy atom. The molecule has 2 N–H and O–H groups in total. The van der Waals surface area contributed by atoms with Crippen LogP contribution in [0.25, 0.3) is 0 Å². The maximum atomic E-state index is 11.8. The van der Waals surface area contributed by atoms with Gasteiger partial charge in [-0.1, -0.05) is 24.3 Å². The Bertz CT molecular complexity index is 457. The molecule has 18 heavy (non-hydrogen) atoms. The van der Waals surface area contributed by atoms with Crippen molar-refractivity contribution in [2.24, 2.45) is 0 Å². The highest BCUT2D eigenvalue weighted by molar-refractivity contribution is 5.98. The average molecular weight is 247 g/mol. The normalized spacial score (nSPS) is 27.9. The van der Waals surface area contributed by atoms with E-state index in [0.29, 0.717) is 6.54 Å². The molecule has 4 nitrogen and oxygen atoms in total. The summed E-state index contributed by atoms with van der Waals surface area (Å²) >= 11 is 0. The molecule has 1 aromatic carbocycles. The monoisotopic (exact) mass is 247 g/mol. The molecule has 0 bridgehead atoms. The average Bonchev–Trinajstić information content (AvgIpc) is 2.69. The van der Waals surface area contributed by atoms with E-state index in [1.807, 2.05) is 30.3 Å². The number of allylic oxidation sites excluding steroid dienone is 1. The van der Waals surface area contributed by atoms with Crippen LogP contribution in [0.4, 0.5) is 5.69 Å². The summed E-state index contributed by atoms with van der Waals surface area (Å²) in [5.41, 5.74) is -0.906. The lowest BCUT2D eigenvalue weighted by atomic mass is 9.95. The molecule has 0 aliphatic carbocycles. The van der Waals surface area contributed by atoms with Crippen LogP contribution in [-0.2, 0) is 4.79 Å². The molecule has 0 spiro atoms. The Hall–Kier alpha value is -1.65. The first-order valence-corrected chi connectivity index (χ1v) is 5.99. The number of para-hydroxylation sites is 1. The van der Waals surface area contributed by atoms with Crippen LogP contribution in [0.15, 0.2) is 42.5 Å². The quantitative estimate of drug-likeness (QED) is 0.785. The third-order valence-electron chi connectivity index (χ3n) is 3.29. The van der Waals surface area contributed by atoms with E-state index in [2.05, 4.69) is 0 Å². The molecule has 0 aromatic heterocycles. The second-order valence-corrected chi connectivity index (χ2v) is 4.44. The molecule has 2 rings (SSSR count). The van der Waals surface area contributed by atoms with Crippen molar-refractivity contribution in [3.63, 3.8) is 0 Å². The molecule has 0 amide bonds. The zero-order valence-corrected chi connectivity index (χ0v) is 10.3. The Morgan fingerprint density at radius 1 is 1.44 bits per heavy atom. The van der Waals surface area contributed by atoms with Crippen molar-refractivity contribution in [3.05, 3.63) is 42.5 Å². The van der Waals surface area contributed by atoms with E-state index in [-0.39, 0.29) is 6.42 Å². The Kier molecular flexibility index (Phi) is 3.50. The van der Waals surface area contributed by atoms with Gasteiger partial charge in [-0.3, -0.25) is 4.79 Å². The predicted molar refractivity (Wildman–Crippen MR) is 69.2 cm³/mol. The number of rotatable bonds is 3. The van der Waals surface area contributed by atoms with Gasteiger partial charge in [0.05, 0.1) is 0 Å². The number of ketones is 1. The second kappa shape index (κ2) is 4.92. The van der Waals surface area contributed by atoms with Crippen LogP contribution in [0, 0.1) is 0 Å². The molecular weight excluding hydrogens is 230 g/mol. The number of hydrogen-bond acceptors (Lipinski definition) is 4. The molecule has 2 atom stereocenters. The van der Waals surface area contributed by atoms with Crippen LogP contribution in [0.1, 0.15) is 13.3 Å². The van der Waals surface area contributed by atoms with E-state index in [0.717, 1.165) is 5.69 Å². The van der Waals surface area contributed by atoms with Crippen LogP contribution >= 0.6 is 0 Å². The second-order valence-electron chi connectivity index (χ2n) is 4.44. The summed E-state index contributed by atoms with van der Waals surface area (Å²) in [4.78, 5) is 13.5. The van der Waals surface area contributed by atoms with Gasteiger partial charge in [-0.25, -0.2) is 0 Å². The topological polar surface area (TPSA) is 60.8 Å². The molecule has 1 fully saturated rings. The summed E-state index contributed by atoms with van der Waals surface area (Å²) in [5.74, 6) is -0.448. The number of anilines is 1. The summed E-state index contributed by atoms with van der Waals surface area (Å²) in [5, 5.41) is 20.5. The smallest absolute Gasteiger partial charge is 0.191 e. The molecule has 1 heterocycles. The number of aliphatic hydroxyl groups excluding tert-OH is 1. The first-order valence-electron chi connectivity index (χ1n) is 5.99. The van der Waals surface area contributed by atoms with Gasteiger partial charge in [0.2, 0.25) is 0 Å². The lowest BCUT2D eigenvalue weighted by molar-refractivity contribution is -0.140. The maximum Gasteiger partial charge on any atom is 0.191 e. The van der Waals surface area contributed by atoms with Crippen molar-refractivity contribution in [1.29, 1.82) is 0 Å². The lowest BCUT2D eigenvalue weighted by Gasteiger charge is -2.29. The molecule has 96 valence electrons. The fraction of sp³-hybridized carbons (Fsp3) is 0.357. The van der Waals surface area contributed by atoms with E-state index < -0.39 is 17.6 Å². The molecule has 1 aliphatic rings. The summed E-state index contributed by atoms with van der Waals surface area (Å²) in [6.45, 7) is 2.16. The van der Waals surface area contributed by atoms with Gasteiger partial charge in [-0.2, -0.15) is 0 Å². The minimum Gasteiger partial charge on any atom is -0.377 e. The van der Waals surface area contributed by atoms with Gasteiger partial charge in [-0.15, -0.1) is 0 Å². The molecule has 1 aliphatic heterocycles. The van der Waals surface area contributed by atoms with Gasteiger partial charge in [0, 0.05) is 18.7 Å². The first kappa shape index (κ1) is 12.8. The lowest BCUT2D eigenvalue weighted by Crippen LogP contribution is -2.49. The SMILES string of the molecule is C/C=C/C(=O)C1(O)CCN(c2ccccc2)[C@H]1O. The van der Waals surface area contributed by atoms with Crippen LogP contribution in [-0.4, -0.2) is 34.4 Å². The van der Waals surface area contributed by atoms with Crippen molar-refractivity contribution in [2.75, 3.05) is 11.4 Å². The molecular formula is C14H17NO3. The fourth-order valence-corrected chi connectivity index (χ4v) is 2.24.